The molecular weight excluding hydrogens is 460 g/mol. The van der Waals surface area contributed by atoms with E-state index < -0.39 is 0 Å². The average Bonchev–Trinajstić information content (AvgIpc) is 3.16. The molecule has 0 aliphatic heterocycles. The number of hydrogen-bond acceptors (Lipinski definition) is 4. The van der Waals surface area contributed by atoms with Crippen LogP contribution in [0, 0.1) is 58.2 Å². The third-order valence-electron chi connectivity index (χ3n) is 12.5. The van der Waals surface area contributed by atoms with Crippen molar-refractivity contribution < 1.29 is 19.1 Å². The van der Waals surface area contributed by atoms with Gasteiger partial charge in [0.1, 0.15) is 12.2 Å². The van der Waals surface area contributed by atoms with Crippen molar-refractivity contribution in [1.29, 1.82) is 0 Å². The van der Waals surface area contributed by atoms with Crippen molar-refractivity contribution in [3.05, 3.63) is 0 Å². The summed E-state index contributed by atoms with van der Waals surface area (Å²) in [6.45, 7) is 17.9. The molecule has 4 nitrogen and oxygen atoms in total. The van der Waals surface area contributed by atoms with E-state index in [1.807, 2.05) is 0 Å². The van der Waals surface area contributed by atoms with Gasteiger partial charge in [-0.05, 0) is 110 Å². The Kier molecular flexibility index (Phi) is 8.76. The van der Waals surface area contributed by atoms with Crippen LogP contribution in [-0.2, 0) is 19.1 Å². The van der Waals surface area contributed by atoms with Crippen LogP contribution in [0.25, 0.3) is 0 Å². The van der Waals surface area contributed by atoms with E-state index in [9.17, 15) is 9.59 Å². The van der Waals surface area contributed by atoms with E-state index in [0.29, 0.717) is 23.2 Å². The van der Waals surface area contributed by atoms with Gasteiger partial charge in [0.2, 0.25) is 0 Å². The molecule has 0 aromatic rings. The largest absolute Gasteiger partial charge is 0.463 e. The molecule has 4 aliphatic carbocycles. The zero-order chi connectivity index (χ0) is 27.1. The smallest absolute Gasteiger partial charge is 0.302 e. The van der Waals surface area contributed by atoms with E-state index in [0.717, 1.165) is 55.3 Å². The molecule has 4 saturated carbocycles. The predicted molar refractivity (Wildman–Crippen MR) is 149 cm³/mol. The highest BCUT2D eigenvalue weighted by Gasteiger charge is 2.63. The normalized spacial score (nSPS) is 42.8. The molecular formula is C33H56O4. The first-order valence-corrected chi connectivity index (χ1v) is 15.7. The first kappa shape index (κ1) is 28.9. The van der Waals surface area contributed by atoms with Gasteiger partial charge in [0.15, 0.2) is 0 Å². The molecule has 212 valence electrons. The SMILES string of the molecule is CC[C@@H](CC[C@@H](C)[C@H]1CC[C@H]2[C@@H]3C[C@H](OC(C)=O)[C@H]4C[C@@H](OC(C)=O)CC[C@]4(C)[C@H]3CC[C@]12C)C(C)C. The molecule has 0 amide bonds. The minimum atomic E-state index is -0.190. The summed E-state index contributed by atoms with van der Waals surface area (Å²) in [5.74, 6) is 5.26. The van der Waals surface area contributed by atoms with Gasteiger partial charge in [0.05, 0.1) is 0 Å². The molecule has 4 heteroatoms. The van der Waals surface area contributed by atoms with Crippen molar-refractivity contribution in [2.75, 3.05) is 0 Å². The van der Waals surface area contributed by atoms with E-state index in [1.165, 1.54) is 51.9 Å². The van der Waals surface area contributed by atoms with Gasteiger partial charge in [0, 0.05) is 19.8 Å². The number of esters is 2. The molecule has 11 atom stereocenters. The highest BCUT2D eigenvalue weighted by Crippen LogP contribution is 2.68. The second-order valence-electron chi connectivity index (χ2n) is 14.6. The fourth-order valence-electron chi connectivity index (χ4n) is 10.6. The molecule has 0 unspecified atom stereocenters. The van der Waals surface area contributed by atoms with Crippen molar-refractivity contribution in [2.45, 2.75) is 138 Å². The van der Waals surface area contributed by atoms with Crippen LogP contribution in [0.4, 0.5) is 0 Å². The van der Waals surface area contributed by atoms with Gasteiger partial charge in [-0.15, -0.1) is 0 Å². The summed E-state index contributed by atoms with van der Waals surface area (Å²) in [7, 11) is 0. The maximum Gasteiger partial charge on any atom is 0.302 e. The zero-order valence-corrected chi connectivity index (χ0v) is 25.2. The van der Waals surface area contributed by atoms with Crippen LogP contribution in [0.5, 0.6) is 0 Å². The molecule has 0 N–H and O–H groups in total. The van der Waals surface area contributed by atoms with Gasteiger partial charge in [-0.25, -0.2) is 0 Å². The first-order chi connectivity index (χ1) is 17.4. The van der Waals surface area contributed by atoms with Crippen molar-refractivity contribution in [2.24, 2.45) is 58.2 Å². The van der Waals surface area contributed by atoms with Gasteiger partial charge in [0.25, 0.3) is 0 Å². The fourth-order valence-corrected chi connectivity index (χ4v) is 10.6. The predicted octanol–water partition coefficient (Wildman–Crippen LogP) is 8.22. The van der Waals surface area contributed by atoms with Gasteiger partial charge in [-0.1, -0.05) is 54.4 Å². The number of hydrogen-bond donors (Lipinski definition) is 0. The van der Waals surface area contributed by atoms with Crippen LogP contribution < -0.4 is 0 Å². The number of carbonyl (C=O) groups excluding carboxylic acids is 2. The second-order valence-corrected chi connectivity index (χ2v) is 14.6. The van der Waals surface area contributed by atoms with E-state index >= 15 is 0 Å². The molecule has 4 rings (SSSR count). The minimum Gasteiger partial charge on any atom is -0.463 e. The maximum atomic E-state index is 12.2. The molecule has 0 spiro atoms. The standard InChI is InChI=1S/C33H56O4/c1-9-24(20(2)3)11-10-21(4)27-12-13-28-26-19-31(37-23(6)35)30-18-25(36-22(5)34)14-16-33(30,8)29(26)15-17-32(27,28)7/h20-21,24-31H,9-19H2,1-8H3/t21-,24+,25+,26+,27-,28+,29+,30-,31+,32-,33-/m1/s1. The average molecular weight is 517 g/mol. The Labute approximate surface area is 227 Å². The van der Waals surface area contributed by atoms with Gasteiger partial charge < -0.3 is 9.47 Å². The summed E-state index contributed by atoms with van der Waals surface area (Å²) in [5, 5.41) is 0. The van der Waals surface area contributed by atoms with Crippen molar-refractivity contribution in [3.63, 3.8) is 0 Å². The Bertz CT molecular complexity index is 821. The maximum absolute atomic E-state index is 12.2. The van der Waals surface area contributed by atoms with E-state index in [2.05, 4.69) is 41.5 Å². The Morgan fingerprint density at radius 3 is 2.08 bits per heavy atom. The Morgan fingerprint density at radius 1 is 0.811 bits per heavy atom. The van der Waals surface area contributed by atoms with Crippen LogP contribution in [0.15, 0.2) is 0 Å². The molecule has 37 heavy (non-hydrogen) atoms. The summed E-state index contributed by atoms with van der Waals surface area (Å²) in [4.78, 5) is 23.9. The molecule has 4 fully saturated rings. The number of rotatable bonds is 8. The lowest BCUT2D eigenvalue weighted by atomic mass is 9.43. The Morgan fingerprint density at radius 2 is 1.46 bits per heavy atom. The van der Waals surface area contributed by atoms with Crippen LogP contribution in [0.2, 0.25) is 0 Å². The van der Waals surface area contributed by atoms with Crippen molar-refractivity contribution in [1.82, 2.24) is 0 Å². The molecule has 0 saturated heterocycles. The molecule has 0 heterocycles. The van der Waals surface area contributed by atoms with Crippen LogP contribution in [0.1, 0.15) is 126 Å². The zero-order valence-electron chi connectivity index (χ0n) is 25.2. The van der Waals surface area contributed by atoms with Crippen molar-refractivity contribution in [3.8, 4) is 0 Å². The topological polar surface area (TPSA) is 52.6 Å². The highest BCUT2D eigenvalue weighted by molar-refractivity contribution is 5.66. The second kappa shape index (κ2) is 11.2. The minimum absolute atomic E-state index is 0.0338. The van der Waals surface area contributed by atoms with Crippen LogP contribution in [-0.4, -0.2) is 24.1 Å². The van der Waals surface area contributed by atoms with Gasteiger partial charge in [-0.2, -0.15) is 0 Å². The Balaban J connectivity index is 1.53. The summed E-state index contributed by atoms with van der Waals surface area (Å²) in [6, 6.07) is 0. The number of fused-ring (bicyclic) bond motifs is 5. The van der Waals surface area contributed by atoms with E-state index in [1.54, 1.807) is 6.92 Å². The third-order valence-corrected chi connectivity index (χ3v) is 12.5. The lowest BCUT2D eigenvalue weighted by Crippen LogP contribution is -2.59. The van der Waals surface area contributed by atoms with E-state index in [4.69, 9.17) is 9.47 Å². The van der Waals surface area contributed by atoms with Crippen molar-refractivity contribution >= 4 is 11.9 Å². The molecule has 4 aliphatic rings. The highest BCUT2D eigenvalue weighted by atomic mass is 16.5. The fraction of sp³-hybridized carbons (Fsp3) is 0.939. The van der Waals surface area contributed by atoms with Crippen LogP contribution in [0.3, 0.4) is 0 Å². The molecule has 0 aromatic heterocycles. The third kappa shape index (κ3) is 5.51. The lowest BCUT2D eigenvalue weighted by Gasteiger charge is -2.62. The first-order valence-electron chi connectivity index (χ1n) is 15.7. The van der Waals surface area contributed by atoms with Gasteiger partial charge >= 0.3 is 11.9 Å². The van der Waals surface area contributed by atoms with E-state index in [-0.39, 0.29) is 29.6 Å². The van der Waals surface area contributed by atoms with Crippen LogP contribution >= 0.6 is 0 Å². The quantitative estimate of drug-likeness (QED) is 0.305. The lowest BCUT2D eigenvalue weighted by molar-refractivity contribution is -0.197. The summed E-state index contributed by atoms with van der Waals surface area (Å²) < 4.78 is 11.8. The summed E-state index contributed by atoms with van der Waals surface area (Å²) >= 11 is 0. The Hall–Kier alpha value is -1.06. The van der Waals surface area contributed by atoms with Gasteiger partial charge in [-0.3, -0.25) is 9.59 Å². The molecule has 0 bridgehead atoms. The molecule has 0 radical (unpaired) electrons. The number of carbonyl (C=O) groups is 2. The molecule has 0 aromatic carbocycles. The summed E-state index contributed by atoms with van der Waals surface area (Å²) in [5.41, 5.74) is 0.579. The monoisotopic (exact) mass is 516 g/mol. The number of ether oxygens (including phenoxy) is 2. The summed E-state index contributed by atoms with van der Waals surface area (Å²) in [6.07, 6.45) is 13.2.